The highest BCUT2D eigenvalue weighted by Crippen LogP contribution is 2.74. The molecule has 0 unspecified atom stereocenters. The molecule has 5 aliphatic rings. The van der Waals surface area contributed by atoms with Gasteiger partial charge in [0.2, 0.25) is 0 Å². The lowest BCUT2D eigenvalue weighted by Crippen LogP contribution is -2.58. The van der Waals surface area contributed by atoms with Crippen molar-refractivity contribution in [2.45, 2.75) is 117 Å². The number of fused-ring (bicyclic) bond motifs is 4. The Morgan fingerprint density at radius 3 is 2.48 bits per heavy atom. The predicted molar refractivity (Wildman–Crippen MR) is 128 cm³/mol. The summed E-state index contributed by atoms with van der Waals surface area (Å²) in [6, 6.07) is 0. The van der Waals surface area contributed by atoms with Crippen LogP contribution in [0.3, 0.4) is 0 Å². The van der Waals surface area contributed by atoms with Gasteiger partial charge in [-0.2, -0.15) is 0 Å². The van der Waals surface area contributed by atoms with Gasteiger partial charge in [-0.25, -0.2) is 0 Å². The van der Waals surface area contributed by atoms with Crippen LogP contribution in [0.2, 0.25) is 0 Å². The molecule has 0 aromatic rings. The first-order chi connectivity index (χ1) is 14.7. The van der Waals surface area contributed by atoms with E-state index in [1.54, 1.807) is 0 Å². The minimum Gasteiger partial charge on any atom is -0.393 e. The summed E-state index contributed by atoms with van der Waals surface area (Å²) in [5, 5.41) is 10.4. The molecule has 0 amide bonds. The zero-order valence-electron chi connectivity index (χ0n) is 21.1. The SMILES string of the molecule is CC[C@@H](/C=C/[C@@H](C)[C@H]1CC[C@H]2[C@@H]3C[C@H]4O[C@]45C[C@@H](O)CC[C@]5(C)[C@H]3CC[C@]12C)C(C)C. The molecule has 2 nitrogen and oxygen atoms in total. The third kappa shape index (κ3) is 3.17. The average molecular weight is 429 g/mol. The molecule has 0 aromatic heterocycles. The summed E-state index contributed by atoms with van der Waals surface area (Å²) >= 11 is 0. The predicted octanol–water partition coefficient (Wildman–Crippen LogP) is 7.01. The Morgan fingerprint density at radius 1 is 1.00 bits per heavy atom. The number of aliphatic hydroxyl groups excluding tert-OH is 1. The maximum absolute atomic E-state index is 10.4. The Kier molecular flexibility index (Phi) is 5.50. The molecule has 1 N–H and O–H groups in total. The van der Waals surface area contributed by atoms with Crippen molar-refractivity contribution in [3.05, 3.63) is 12.2 Å². The van der Waals surface area contributed by atoms with E-state index in [-0.39, 0.29) is 11.7 Å². The summed E-state index contributed by atoms with van der Waals surface area (Å²) in [4.78, 5) is 0. The van der Waals surface area contributed by atoms with E-state index >= 15 is 0 Å². The number of ether oxygens (including phenoxy) is 1. The maximum atomic E-state index is 10.4. The van der Waals surface area contributed by atoms with Crippen molar-refractivity contribution in [3.63, 3.8) is 0 Å². The summed E-state index contributed by atoms with van der Waals surface area (Å²) in [5.41, 5.74) is 0.833. The lowest BCUT2D eigenvalue weighted by Gasteiger charge is -2.59. The van der Waals surface area contributed by atoms with E-state index in [2.05, 4.69) is 53.7 Å². The van der Waals surface area contributed by atoms with E-state index in [1.165, 1.54) is 44.9 Å². The van der Waals surface area contributed by atoms with Crippen molar-refractivity contribution in [2.75, 3.05) is 0 Å². The lowest BCUT2D eigenvalue weighted by atomic mass is 9.44. The van der Waals surface area contributed by atoms with Crippen molar-refractivity contribution >= 4 is 0 Å². The van der Waals surface area contributed by atoms with Gasteiger partial charge in [0.1, 0.15) is 5.60 Å². The summed E-state index contributed by atoms with van der Waals surface area (Å²) in [5.74, 6) is 5.54. The van der Waals surface area contributed by atoms with Crippen LogP contribution in [0.4, 0.5) is 0 Å². The fraction of sp³-hybridized carbons (Fsp3) is 0.931. The van der Waals surface area contributed by atoms with Crippen LogP contribution in [0.5, 0.6) is 0 Å². The fourth-order valence-electron chi connectivity index (χ4n) is 9.84. The van der Waals surface area contributed by atoms with Crippen LogP contribution in [0.15, 0.2) is 12.2 Å². The second-order valence-electron chi connectivity index (χ2n) is 13.2. The Bertz CT molecular complexity index is 714. The zero-order valence-corrected chi connectivity index (χ0v) is 21.1. The fourth-order valence-corrected chi connectivity index (χ4v) is 9.84. The van der Waals surface area contributed by atoms with E-state index in [0.29, 0.717) is 22.9 Å². The van der Waals surface area contributed by atoms with E-state index in [9.17, 15) is 5.11 Å². The number of aliphatic hydroxyl groups is 1. The lowest BCUT2D eigenvalue weighted by molar-refractivity contribution is -0.115. The molecule has 5 rings (SSSR count). The van der Waals surface area contributed by atoms with Gasteiger partial charge in [-0.15, -0.1) is 0 Å². The van der Waals surface area contributed by atoms with Crippen LogP contribution in [0.25, 0.3) is 0 Å². The molecule has 0 radical (unpaired) electrons. The molecule has 4 saturated carbocycles. The first-order valence-electron chi connectivity index (χ1n) is 13.7. The number of epoxide rings is 1. The molecule has 1 heterocycles. The largest absolute Gasteiger partial charge is 0.393 e. The van der Waals surface area contributed by atoms with Crippen molar-refractivity contribution in [1.29, 1.82) is 0 Å². The quantitative estimate of drug-likeness (QED) is 0.377. The van der Waals surface area contributed by atoms with Gasteiger partial charge in [-0.1, -0.05) is 53.7 Å². The maximum Gasteiger partial charge on any atom is 0.103 e. The van der Waals surface area contributed by atoms with Crippen LogP contribution in [0, 0.1) is 52.3 Å². The third-order valence-electron chi connectivity index (χ3n) is 11.8. The van der Waals surface area contributed by atoms with Crippen LogP contribution in [-0.2, 0) is 4.74 Å². The van der Waals surface area contributed by atoms with Crippen LogP contribution in [0.1, 0.15) is 99.3 Å². The molecule has 176 valence electrons. The van der Waals surface area contributed by atoms with Gasteiger partial charge in [0.15, 0.2) is 0 Å². The normalized spacial score (nSPS) is 52.9. The highest BCUT2D eigenvalue weighted by atomic mass is 16.6. The molecule has 4 aliphatic carbocycles. The summed E-state index contributed by atoms with van der Waals surface area (Å²) in [6.45, 7) is 14.8. The van der Waals surface area contributed by atoms with Gasteiger partial charge >= 0.3 is 0 Å². The second-order valence-corrected chi connectivity index (χ2v) is 13.2. The van der Waals surface area contributed by atoms with Gasteiger partial charge < -0.3 is 9.84 Å². The van der Waals surface area contributed by atoms with Gasteiger partial charge in [-0.05, 0) is 98.2 Å². The number of hydrogen-bond donors (Lipinski definition) is 1. The molecule has 2 heteroatoms. The molecule has 1 spiro atoms. The minimum absolute atomic E-state index is 0.0274. The monoisotopic (exact) mass is 428 g/mol. The van der Waals surface area contributed by atoms with Gasteiger partial charge in [0, 0.05) is 11.8 Å². The topological polar surface area (TPSA) is 32.8 Å². The Morgan fingerprint density at radius 2 is 1.77 bits per heavy atom. The third-order valence-corrected chi connectivity index (χ3v) is 11.8. The summed E-state index contributed by atoms with van der Waals surface area (Å²) in [7, 11) is 0. The highest BCUT2D eigenvalue weighted by molar-refractivity contribution is 5.24. The number of hydrogen-bond acceptors (Lipinski definition) is 2. The van der Waals surface area contributed by atoms with Crippen molar-refractivity contribution < 1.29 is 9.84 Å². The van der Waals surface area contributed by atoms with Crippen LogP contribution >= 0.6 is 0 Å². The molecule has 0 aromatic carbocycles. The standard InChI is InChI=1S/C29H48O2/c1-7-20(18(2)3)9-8-19(4)23-10-11-24-22-16-26-29(31-26)17-21(30)12-15-28(29,6)25(22)13-14-27(23,24)5/h8-9,18-26,30H,7,10-17H2,1-6H3/b9-8+/t19-,20+,21+,22+,23-,24+,25+,26-,27-,28-,29-/m1/s1. The van der Waals surface area contributed by atoms with Gasteiger partial charge in [-0.3, -0.25) is 0 Å². The molecule has 1 saturated heterocycles. The van der Waals surface area contributed by atoms with Gasteiger partial charge in [0.05, 0.1) is 12.2 Å². The first-order valence-corrected chi connectivity index (χ1v) is 13.7. The highest BCUT2D eigenvalue weighted by Gasteiger charge is 2.76. The molecule has 11 atom stereocenters. The van der Waals surface area contributed by atoms with E-state index < -0.39 is 0 Å². The Hall–Kier alpha value is -0.340. The Balaban J connectivity index is 1.35. The van der Waals surface area contributed by atoms with Crippen molar-refractivity contribution in [1.82, 2.24) is 0 Å². The minimum atomic E-state index is -0.134. The van der Waals surface area contributed by atoms with E-state index in [4.69, 9.17) is 4.74 Å². The molecule has 0 bridgehead atoms. The summed E-state index contributed by atoms with van der Waals surface area (Å²) < 4.78 is 6.52. The average Bonchev–Trinajstić information content (AvgIpc) is 3.29. The van der Waals surface area contributed by atoms with Crippen molar-refractivity contribution in [3.8, 4) is 0 Å². The Labute approximate surface area is 191 Å². The van der Waals surface area contributed by atoms with E-state index in [1.807, 2.05) is 0 Å². The van der Waals surface area contributed by atoms with Crippen LogP contribution < -0.4 is 0 Å². The second kappa shape index (κ2) is 7.59. The molecular weight excluding hydrogens is 380 g/mol. The van der Waals surface area contributed by atoms with E-state index in [0.717, 1.165) is 48.3 Å². The first kappa shape index (κ1) is 22.5. The van der Waals surface area contributed by atoms with Crippen molar-refractivity contribution in [2.24, 2.45) is 52.3 Å². The molecular formula is C29H48O2. The zero-order chi connectivity index (χ0) is 22.2. The molecule has 1 aliphatic heterocycles. The van der Waals surface area contributed by atoms with Gasteiger partial charge in [0.25, 0.3) is 0 Å². The molecule has 31 heavy (non-hydrogen) atoms. The number of allylic oxidation sites excluding steroid dienone is 2. The summed E-state index contributed by atoms with van der Waals surface area (Å²) in [6.07, 6.45) is 16.7. The van der Waals surface area contributed by atoms with Crippen LogP contribution in [-0.4, -0.2) is 22.9 Å². The number of rotatable bonds is 5. The molecule has 5 fully saturated rings. The smallest absolute Gasteiger partial charge is 0.103 e.